The number of para-hydroxylation sites is 1. The van der Waals surface area contributed by atoms with Gasteiger partial charge in [0.25, 0.3) is 0 Å². The van der Waals surface area contributed by atoms with Crippen molar-refractivity contribution in [2.45, 2.75) is 0 Å². The van der Waals surface area contributed by atoms with Crippen molar-refractivity contribution in [2.24, 2.45) is 0 Å². The van der Waals surface area contributed by atoms with Crippen molar-refractivity contribution in [1.29, 1.82) is 5.26 Å². The molecule has 0 aliphatic carbocycles. The summed E-state index contributed by atoms with van der Waals surface area (Å²) in [7, 11) is 0. The second-order valence-corrected chi connectivity index (χ2v) is 3.65. The molecule has 4 nitrogen and oxygen atoms in total. The van der Waals surface area contributed by atoms with Crippen LogP contribution >= 0.6 is 0 Å². The first-order chi connectivity index (χ1) is 8.38. The molecule has 0 N–H and O–H groups in total. The molecule has 3 rings (SSSR count). The van der Waals surface area contributed by atoms with Crippen LogP contribution in [0.25, 0.3) is 16.7 Å². The van der Waals surface area contributed by atoms with E-state index < -0.39 is 0 Å². The van der Waals surface area contributed by atoms with Crippen molar-refractivity contribution in [3.8, 4) is 11.8 Å². The van der Waals surface area contributed by atoms with Gasteiger partial charge in [0.05, 0.1) is 22.8 Å². The number of nitriles is 1. The Morgan fingerprint density at radius 3 is 2.82 bits per heavy atom. The van der Waals surface area contributed by atoms with Crippen LogP contribution in [0.4, 0.5) is 0 Å². The van der Waals surface area contributed by atoms with Gasteiger partial charge in [-0.3, -0.25) is 0 Å². The highest BCUT2D eigenvalue weighted by Crippen LogP contribution is 2.16. The normalized spacial score (nSPS) is 10.3. The summed E-state index contributed by atoms with van der Waals surface area (Å²) in [6.07, 6.45) is 0. The van der Waals surface area contributed by atoms with Crippen LogP contribution in [0.5, 0.6) is 0 Å². The van der Waals surface area contributed by atoms with Crippen LogP contribution in [0, 0.1) is 11.3 Å². The van der Waals surface area contributed by atoms with E-state index in [0.717, 1.165) is 16.7 Å². The largest absolute Gasteiger partial charge is 0.213 e. The van der Waals surface area contributed by atoms with E-state index in [1.54, 1.807) is 16.8 Å². The lowest BCUT2D eigenvalue weighted by atomic mass is 10.2. The van der Waals surface area contributed by atoms with Gasteiger partial charge >= 0.3 is 0 Å². The van der Waals surface area contributed by atoms with Gasteiger partial charge in [0, 0.05) is 0 Å². The van der Waals surface area contributed by atoms with E-state index in [1.807, 2.05) is 36.4 Å². The van der Waals surface area contributed by atoms with Crippen LogP contribution in [0.1, 0.15) is 5.56 Å². The second-order valence-electron chi connectivity index (χ2n) is 3.65. The lowest BCUT2D eigenvalue weighted by molar-refractivity contribution is 0.824. The molecule has 0 aliphatic rings. The van der Waals surface area contributed by atoms with Crippen molar-refractivity contribution in [3.05, 3.63) is 54.1 Å². The highest BCUT2D eigenvalue weighted by Gasteiger charge is 2.05. The van der Waals surface area contributed by atoms with E-state index in [2.05, 4.69) is 16.4 Å². The number of nitrogens with zero attached hydrogens (tertiary/aromatic N) is 4. The Morgan fingerprint density at radius 1 is 1.06 bits per heavy atom. The number of hydrogen-bond acceptors (Lipinski definition) is 3. The molecule has 0 fully saturated rings. The fraction of sp³-hybridized carbons (Fsp3) is 0. The molecular formula is C13H8N4. The molecule has 80 valence electrons. The third kappa shape index (κ3) is 1.54. The molecule has 1 aromatic heterocycles. The maximum Gasteiger partial charge on any atom is 0.113 e. The minimum absolute atomic E-state index is 0.613. The zero-order valence-electron chi connectivity index (χ0n) is 8.91. The van der Waals surface area contributed by atoms with Gasteiger partial charge in [-0.2, -0.15) is 5.26 Å². The number of aromatic nitrogens is 3. The van der Waals surface area contributed by atoms with E-state index in [9.17, 15) is 0 Å². The maximum absolute atomic E-state index is 8.88. The van der Waals surface area contributed by atoms with Gasteiger partial charge in [-0.25, -0.2) is 4.68 Å². The molecule has 0 atom stereocenters. The first-order valence-corrected chi connectivity index (χ1v) is 5.19. The van der Waals surface area contributed by atoms with Crippen molar-refractivity contribution in [2.75, 3.05) is 0 Å². The van der Waals surface area contributed by atoms with Crippen molar-refractivity contribution in [1.82, 2.24) is 15.0 Å². The van der Waals surface area contributed by atoms with Gasteiger partial charge in [-0.05, 0) is 30.3 Å². The highest BCUT2D eigenvalue weighted by molar-refractivity contribution is 5.75. The summed E-state index contributed by atoms with van der Waals surface area (Å²) < 4.78 is 1.73. The SMILES string of the molecule is N#Cc1cccc(-n2nnc3ccccc32)c1. The van der Waals surface area contributed by atoms with E-state index >= 15 is 0 Å². The summed E-state index contributed by atoms with van der Waals surface area (Å²) in [5.74, 6) is 0. The molecule has 0 bridgehead atoms. The predicted molar refractivity (Wildman–Crippen MR) is 63.6 cm³/mol. The summed E-state index contributed by atoms with van der Waals surface area (Å²) in [4.78, 5) is 0. The molecule has 0 aliphatic heterocycles. The number of rotatable bonds is 1. The lowest BCUT2D eigenvalue weighted by Crippen LogP contribution is -1.96. The van der Waals surface area contributed by atoms with Crippen molar-refractivity contribution >= 4 is 11.0 Å². The average Bonchev–Trinajstić information content (AvgIpc) is 2.82. The molecule has 17 heavy (non-hydrogen) atoms. The smallest absolute Gasteiger partial charge is 0.113 e. The molecule has 0 saturated carbocycles. The van der Waals surface area contributed by atoms with Gasteiger partial charge < -0.3 is 0 Å². The van der Waals surface area contributed by atoms with Crippen LogP contribution in [-0.4, -0.2) is 15.0 Å². The Hall–Kier alpha value is -2.67. The van der Waals surface area contributed by atoms with Gasteiger partial charge in [-0.15, -0.1) is 5.10 Å². The lowest BCUT2D eigenvalue weighted by Gasteiger charge is -2.01. The Bertz CT molecular complexity index is 721. The van der Waals surface area contributed by atoms with E-state index in [-0.39, 0.29) is 0 Å². The Morgan fingerprint density at radius 2 is 1.94 bits per heavy atom. The molecule has 0 unspecified atom stereocenters. The molecule has 4 heteroatoms. The van der Waals surface area contributed by atoms with Crippen molar-refractivity contribution in [3.63, 3.8) is 0 Å². The first-order valence-electron chi connectivity index (χ1n) is 5.19. The van der Waals surface area contributed by atoms with E-state index in [0.29, 0.717) is 5.56 Å². The molecule has 3 aromatic rings. The topological polar surface area (TPSA) is 54.5 Å². The number of fused-ring (bicyclic) bond motifs is 1. The van der Waals surface area contributed by atoms with Gasteiger partial charge in [0.15, 0.2) is 0 Å². The minimum atomic E-state index is 0.613. The quantitative estimate of drug-likeness (QED) is 0.632. The van der Waals surface area contributed by atoms with Crippen LogP contribution in [0.15, 0.2) is 48.5 Å². The Kier molecular flexibility index (Phi) is 2.09. The van der Waals surface area contributed by atoms with Crippen molar-refractivity contribution < 1.29 is 0 Å². The van der Waals surface area contributed by atoms with Gasteiger partial charge in [0.2, 0.25) is 0 Å². The zero-order valence-corrected chi connectivity index (χ0v) is 8.91. The minimum Gasteiger partial charge on any atom is -0.213 e. The Labute approximate surface area is 97.7 Å². The third-order valence-corrected chi connectivity index (χ3v) is 2.57. The van der Waals surface area contributed by atoms with Gasteiger partial charge in [-0.1, -0.05) is 23.4 Å². The molecule has 0 amide bonds. The van der Waals surface area contributed by atoms with Crippen LogP contribution < -0.4 is 0 Å². The van der Waals surface area contributed by atoms with Crippen LogP contribution in [-0.2, 0) is 0 Å². The zero-order chi connectivity index (χ0) is 11.7. The number of benzene rings is 2. The standard InChI is InChI=1S/C13H8N4/c14-9-10-4-3-5-11(8-10)17-13-7-2-1-6-12(13)15-16-17/h1-8H. The van der Waals surface area contributed by atoms with Gasteiger partial charge in [0.1, 0.15) is 5.52 Å². The monoisotopic (exact) mass is 220 g/mol. The second kappa shape index (κ2) is 3.72. The molecular weight excluding hydrogens is 212 g/mol. The molecule has 0 spiro atoms. The maximum atomic E-state index is 8.88. The molecule has 1 heterocycles. The fourth-order valence-electron chi connectivity index (χ4n) is 1.77. The fourth-order valence-corrected chi connectivity index (χ4v) is 1.77. The Balaban J connectivity index is 2.24. The summed E-state index contributed by atoms with van der Waals surface area (Å²) >= 11 is 0. The van der Waals surface area contributed by atoms with Crippen LogP contribution in [0.3, 0.4) is 0 Å². The number of hydrogen-bond donors (Lipinski definition) is 0. The first kappa shape index (κ1) is 9.55. The summed E-state index contributed by atoms with van der Waals surface area (Å²) in [5.41, 5.74) is 3.23. The highest BCUT2D eigenvalue weighted by atomic mass is 15.4. The predicted octanol–water partition coefficient (Wildman–Crippen LogP) is 2.29. The molecule has 0 saturated heterocycles. The third-order valence-electron chi connectivity index (χ3n) is 2.57. The van der Waals surface area contributed by atoms with Crippen LogP contribution in [0.2, 0.25) is 0 Å². The molecule has 0 radical (unpaired) electrons. The summed E-state index contributed by atoms with van der Waals surface area (Å²) in [6.45, 7) is 0. The van der Waals surface area contributed by atoms with E-state index in [1.165, 1.54) is 0 Å². The summed E-state index contributed by atoms with van der Waals surface area (Å²) in [5, 5.41) is 17.1. The average molecular weight is 220 g/mol. The molecule has 2 aromatic carbocycles. The van der Waals surface area contributed by atoms with E-state index in [4.69, 9.17) is 5.26 Å². The summed E-state index contributed by atoms with van der Waals surface area (Å²) in [6, 6.07) is 17.1.